The Kier molecular flexibility index (Phi) is 9.19. The Bertz CT molecular complexity index is 667. The minimum absolute atomic E-state index is 0. The molecule has 0 radical (unpaired) electrons. The van der Waals surface area contributed by atoms with Crippen molar-refractivity contribution in [2.24, 2.45) is 11.7 Å². The molecule has 1 atom stereocenters. The molecule has 2 rings (SSSR count). The van der Waals surface area contributed by atoms with E-state index in [0.29, 0.717) is 42.2 Å². The molecular formula is C18H25ClF3N3O3. The lowest BCUT2D eigenvalue weighted by atomic mass is 9.92. The third-order valence-electron chi connectivity index (χ3n) is 4.56. The zero-order valence-electron chi connectivity index (χ0n) is 15.5. The molecule has 28 heavy (non-hydrogen) atoms. The Morgan fingerprint density at radius 3 is 2.54 bits per heavy atom. The number of alkyl halides is 3. The highest BCUT2D eigenvalue weighted by Gasteiger charge is 2.41. The smallest absolute Gasteiger partial charge is 0.381 e. The quantitative estimate of drug-likeness (QED) is 0.736. The van der Waals surface area contributed by atoms with E-state index in [1.54, 1.807) is 24.3 Å². The van der Waals surface area contributed by atoms with Gasteiger partial charge in [-0.3, -0.25) is 9.59 Å². The average molecular weight is 424 g/mol. The number of halogens is 4. The fourth-order valence-corrected chi connectivity index (χ4v) is 2.99. The molecule has 2 amide bonds. The van der Waals surface area contributed by atoms with E-state index in [4.69, 9.17) is 10.5 Å². The number of hydrogen-bond donors (Lipinski definition) is 2. The first-order valence-electron chi connectivity index (χ1n) is 8.81. The molecule has 1 unspecified atom stereocenters. The maximum absolute atomic E-state index is 12.6. The lowest BCUT2D eigenvalue weighted by Gasteiger charge is -2.27. The first-order chi connectivity index (χ1) is 12.7. The van der Waals surface area contributed by atoms with Gasteiger partial charge in [-0.15, -0.1) is 12.4 Å². The summed E-state index contributed by atoms with van der Waals surface area (Å²) >= 11 is 0. The summed E-state index contributed by atoms with van der Waals surface area (Å²) in [5, 5.41) is 2.70. The van der Waals surface area contributed by atoms with Gasteiger partial charge in [-0.2, -0.15) is 13.2 Å². The van der Waals surface area contributed by atoms with Crippen LogP contribution in [-0.2, 0) is 20.9 Å². The van der Waals surface area contributed by atoms with Crippen LogP contribution in [-0.4, -0.2) is 48.7 Å². The number of carbonyl (C=O) groups is 2. The summed E-state index contributed by atoms with van der Waals surface area (Å²) in [7, 11) is 0. The number of nitrogens with two attached hydrogens (primary N) is 1. The van der Waals surface area contributed by atoms with Crippen molar-refractivity contribution >= 4 is 29.9 Å². The maximum Gasteiger partial charge on any atom is 0.471 e. The van der Waals surface area contributed by atoms with Crippen LogP contribution in [0.4, 0.5) is 18.9 Å². The van der Waals surface area contributed by atoms with E-state index >= 15 is 0 Å². The van der Waals surface area contributed by atoms with E-state index in [2.05, 4.69) is 5.32 Å². The van der Waals surface area contributed by atoms with Gasteiger partial charge in [-0.05, 0) is 43.4 Å². The molecule has 0 saturated carbocycles. The number of ether oxygens (including phenoxy) is 1. The Hall–Kier alpha value is -1.84. The van der Waals surface area contributed by atoms with E-state index in [9.17, 15) is 22.8 Å². The average Bonchev–Trinajstić information content (AvgIpc) is 2.65. The molecule has 0 spiro atoms. The van der Waals surface area contributed by atoms with Gasteiger partial charge in [0.15, 0.2) is 0 Å². The third-order valence-corrected chi connectivity index (χ3v) is 4.56. The Balaban J connectivity index is 0.00000392. The molecule has 1 aromatic rings. The van der Waals surface area contributed by atoms with Crippen molar-refractivity contribution in [3.8, 4) is 0 Å². The van der Waals surface area contributed by atoms with E-state index in [1.165, 1.54) is 6.92 Å². The molecule has 158 valence electrons. The molecule has 1 saturated heterocycles. The van der Waals surface area contributed by atoms with E-state index in [-0.39, 0.29) is 37.3 Å². The zero-order valence-corrected chi connectivity index (χ0v) is 16.3. The highest BCUT2D eigenvalue weighted by atomic mass is 35.5. The van der Waals surface area contributed by atoms with E-state index in [1.807, 2.05) is 0 Å². The van der Waals surface area contributed by atoms with Crippen molar-refractivity contribution in [2.75, 3.05) is 25.1 Å². The largest absolute Gasteiger partial charge is 0.471 e. The molecule has 3 N–H and O–H groups in total. The van der Waals surface area contributed by atoms with Crippen molar-refractivity contribution in [1.29, 1.82) is 0 Å². The van der Waals surface area contributed by atoms with Gasteiger partial charge in [0.2, 0.25) is 5.91 Å². The minimum atomic E-state index is -4.92. The predicted molar refractivity (Wildman–Crippen MR) is 101 cm³/mol. The van der Waals surface area contributed by atoms with E-state index in [0.717, 1.165) is 0 Å². The van der Waals surface area contributed by atoms with Crippen LogP contribution in [0.15, 0.2) is 24.3 Å². The molecule has 0 aliphatic carbocycles. The Labute approximate surface area is 168 Å². The van der Waals surface area contributed by atoms with E-state index < -0.39 is 18.1 Å². The minimum Gasteiger partial charge on any atom is -0.381 e. The molecular weight excluding hydrogens is 399 g/mol. The molecule has 1 heterocycles. The first-order valence-corrected chi connectivity index (χ1v) is 8.81. The van der Waals surface area contributed by atoms with Crippen LogP contribution in [0.3, 0.4) is 0 Å². The molecule has 1 aliphatic rings. The third kappa shape index (κ3) is 6.65. The lowest BCUT2D eigenvalue weighted by Crippen LogP contribution is -2.44. The van der Waals surface area contributed by atoms with Crippen molar-refractivity contribution in [3.63, 3.8) is 0 Å². The van der Waals surface area contributed by atoms with Gasteiger partial charge >= 0.3 is 12.1 Å². The second kappa shape index (κ2) is 10.6. The fraction of sp³-hybridized carbons (Fsp3) is 0.556. The van der Waals surface area contributed by atoms with Crippen LogP contribution in [0.5, 0.6) is 0 Å². The highest BCUT2D eigenvalue weighted by molar-refractivity contribution is 5.95. The zero-order chi connectivity index (χ0) is 20.0. The number of hydrogen-bond acceptors (Lipinski definition) is 4. The SMILES string of the molecule is CCN(Cc1cccc(NC(=O)C(N)C2CCOCC2)c1)C(=O)C(F)(F)F.Cl. The first kappa shape index (κ1) is 24.2. The Morgan fingerprint density at radius 1 is 1.32 bits per heavy atom. The topological polar surface area (TPSA) is 84.7 Å². The van der Waals surface area contributed by atoms with Gasteiger partial charge in [0.1, 0.15) is 0 Å². The number of anilines is 1. The second-order valence-electron chi connectivity index (χ2n) is 6.48. The number of amides is 2. The monoisotopic (exact) mass is 423 g/mol. The van der Waals surface area contributed by atoms with Gasteiger partial charge in [-0.25, -0.2) is 0 Å². The van der Waals surface area contributed by atoms with Crippen molar-refractivity contribution < 1.29 is 27.5 Å². The number of carbonyl (C=O) groups excluding carboxylic acids is 2. The fourth-order valence-electron chi connectivity index (χ4n) is 2.99. The summed E-state index contributed by atoms with van der Waals surface area (Å²) < 4.78 is 43.2. The van der Waals surface area contributed by atoms with Gasteiger partial charge in [0, 0.05) is 32.0 Å². The number of benzene rings is 1. The van der Waals surface area contributed by atoms with Gasteiger partial charge < -0.3 is 20.7 Å². The predicted octanol–water partition coefficient (Wildman–Crippen LogP) is 2.71. The number of nitrogens with one attached hydrogen (secondary N) is 1. The molecule has 1 aromatic carbocycles. The van der Waals surface area contributed by atoms with Gasteiger partial charge in [0.05, 0.1) is 6.04 Å². The normalized spacial score (nSPS) is 16.0. The van der Waals surface area contributed by atoms with Crippen LogP contribution in [0.2, 0.25) is 0 Å². The molecule has 0 bridgehead atoms. The summed E-state index contributed by atoms with van der Waals surface area (Å²) in [6.07, 6.45) is -3.50. The summed E-state index contributed by atoms with van der Waals surface area (Å²) in [6.45, 7) is 2.33. The summed E-state index contributed by atoms with van der Waals surface area (Å²) in [5.41, 5.74) is 6.93. The molecule has 10 heteroatoms. The Morgan fingerprint density at radius 2 is 1.96 bits per heavy atom. The molecule has 1 aliphatic heterocycles. The van der Waals surface area contributed by atoms with Crippen molar-refractivity contribution in [3.05, 3.63) is 29.8 Å². The maximum atomic E-state index is 12.6. The van der Waals surface area contributed by atoms with Crippen LogP contribution >= 0.6 is 12.4 Å². The van der Waals surface area contributed by atoms with Crippen LogP contribution in [0, 0.1) is 5.92 Å². The standard InChI is InChI=1S/C18H24F3N3O3.ClH/c1-2-24(17(26)18(19,20)21)11-12-4-3-5-14(10-12)23-16(25)15(22)13-6-8-27-9-7-13;/h3-5,10,13,15H,2,6-9,11,22H2,1H3,(H,23,25);1H. The van der Waals surface area contributed by atoms with Gasteiger partial charge in [-0.1, -0.05) is 12.1 Å². The van der Waals surface area contributed by atoms with Crippen molar-refractivity contribution in [2.45, 2.75) is 38.5 Å². The highest BCUT2D eigenvalue weighted by Crippen LogP contribution is 2.22. The van der Waals surface area contributed by atoms with Crippen LogP contribution in [0.25, 0.3) is 0 Å². The molecule has 0 aromatic heterocycles. The van der Waals surface area contributed by atoms with Crippen LogP contribution in [0.1, 0.15) is 25.3 Å². The number of nitrogens with zero attached hydrogens (tertiary/aromatic N) is 1. The molecule has 1 fully saturated rings. The summed E-state index contributed by atoms with van der Waals surface area (Å²) in [5.74, 6) is -2.21. The van der Waals surface area contributed by atoms with Crippen LogP contribution < -0.4 is 11.1 Å². The summed E-state index contributed by atoms with van der Waals surface area (Å²) in [4.78, 5) is 24.5. The second-order valence-corrected chi connectivity index (χ2v) is 6.48. The van der Waals surface area contributed by atoms with Gasteiger partial charge in [0.25, 0.3) is 0 Å². The van der Waals surface area contributed by atoms with Crippen molar-refractivity contribution in [1.82, 2.24) is 4.90 Å². The number of rotatable bonds is 6. The summed E-state index contributed by atoms with van der Waals surface area (Å²) in [6, 6.07) is 5.69. The lowest BCUT2D eigenvalue weighted by molar-refractivity contribution is -0.185. The molecule has 6 nitrogen and oxygen atoms in total.